The summed E-state index contributed by atoms with van der Waals surface area (Å²) in [6.07, 6.45) is 21.4. The van der Waals surface area contributed by atoms with Gasteiger partial charge in [-0.3, -0.25) is 9.59 Å². The highest BCUT2D eigenvalue weighted by Crippen LogP contribution is 2.15. The number of quaternary nitrogens is 1. The van der Waals surface area contributed by atoms with Crippen molar-refractivity contribution in [1.82, 2.24) is 0 Å². The number of likely N-dealkylation sites (N-methyl/N-ethyl adjacent to an activating group) is 1. The maximum atomic E-state index is 12.4. The average Bonchev–Trinajstić information content (AvgIpc) is 2.90. The molecule has 0 spiro atoms. The summed E-state index contributed by atoms with van der Waals surface area (Å²) < 4.78 is 16.8. The largest absolute Gasteiger partial charge is 0.477 e. The molecule has 0 aliphatic heterocycles. The number of unbranched alkanes of at least 4 members (excludes halogenated alkanes) is 15. The molecule has 0 rings (SSSR count). The molecule has 41 heavy (non-hydrogen) atoms. The Labute approximate surface area is 251 Å². The van der Waals surface area contributed by atoms with Gasteiger partial charge in [0.25, 0.3) is 0 Å². The molecular weight excluding hydrogens is 522 g/mol. The van der Waals surface area contributed by atoms with Crippen LogP contribution in [0.5, 0.6) is 0 Å². The predicted octanol–water partition coefficient (Wildman–Crippen LogP) is 7.46. The van der Waals surface area contributed by atoms with Crippen LogP contribution < -0.4 is 0 Å². The van der Waals surface area contributed by atoms with Crippen LogP contribution in [0.1, 0.15) is 142 Å². The van der Waals surface area contributed by atoms with Gasteiger partial charge >= 0.3 is 17.9 Å². The van der Waals surface area contributed by atoms with Gasteiger partial charge in [-0.25, -0.2) is 4.79 Å². The molecule has 0 aliphatic rings. The molecule has 0 aromatic heterocycles. The number of esters is 2. The molecule has 0 fully saturated rings. The third-order valence-corrected chi connectivity index (χ3v) is 7.48. The lowest BCUT2D eigenvalue weighted by Gasteiger charge is -2.31. The van der Waals surface area contributed by atoms with E-state index in [1.54, 1.807) is 0 Å². The number of ether oxygens (including phenoxy) is 3. The summed E-state index contributed by atoms with van der Waals surface area (Å²) in [6.45, 7) is 4.38. The zero-order valence-electron chi connectivity index (χ0n) is 27.3. The van der Waals surface area contributed by atoms with Crippen LogP contribution in [0.3, 0.4) is 0 Å². The van der Waals surface area contributed by atoms with Gasteiger partial charge < -0.3 is 23.8 Å². The molecule has 0 saturated heterocycles. The number of hydrogen-bond donors (Lipinski definition) is 1. The van der Waals surface area contributed by atoms with Crippen LogP contribution in [0.4, 0.5) is 0 Å². The van der Waals surface area contributed by atoms with Crippen LogP contribution in [0.2, 0.25) is 0 Å². The van der Waals surface area contributed by atoms with E-state index in [1.165, 1.54) is 83.5 Å². The molecule has 2 atom stereocenters. The number of carbonyl (C=O) groups is 3. The van der Waals surface area contributed by atoms with Crippen molar-refractivity contribution in [3.05, 3.63) is 0 Å². The van der Waals surface area contributed by atoms with Gasteiger partial charge in [-0.1, -0.05) is 110 Å². The molecule has 1 N–H and O–H groups in total. The Hall–Kier alpha value is -1.67. The Morgan fingerprint density at radius 1 is 0.634 bits per heavy atom. The Bertz CT molecular complexity index is 662. The first-order valence-corrected chi connectivity index (χ1v) is 16.6. The Morgan fingerprint density at radius 3 is 1.56 bits per heavy atom. The van der Waals surface area contributed by atoms with E-state index in [0.29, 0.717) is 25.7 Å². The molecular formula is C33H64NO7+. The van der Waals surface area contributed by atoms with E-state index in [0.717, 1.165) is 19.3 Å². The van der Waals surface area contributed by atoms with Crippen molar-refractivity contribution in [1.29, 1.82) is 0 Å². The van der Waals surface area contributed by atoms with E-state index < -0.39 is 18.1 Å². The molecule has 0 saturated carbocycles. The number of carboxylic acids is 1. The average molecular weight is 587 g/mol. The minimum atomic E-state index is -0.878. The topological polar surface area (TPSA) is 99.1 Å². The number of carbonyl (C=O) groups excluding carboxylic acids is 2. The Kier molecular flexibility index (Phi) is 24.9. The smallest absolute Gasteiger partial charge is 0.362 e. The van der Waals surface area contributed by atoms with Gasteiger partial charge in [0, 0.05) is 19.3 Å². The lowest BCUT2D eigenvalue weighted by Crippen LogP contribution is -2.50. The zero-order chi connectivity index (χ0) is 30.8. The maximum absolute atomic E-state index is 12.4. The van der Waals surface area contributed by atoms with Gasteiger partial charge in [0.15, 0.2) is 12.1 Å². The number of aliphatic carboxylic acids is 1. The lowest BCUT2D eigenvalue weighted by atomic mass is 10.0. The third-order valence-electron chi connectivity index (χ3n) is 7.48. The Balaban J connectivity index is 4.08. The summed E-state index contributed by atoms with van der Waals surface area (Å²) in [4.78, 5) is 35.8. The van der Waals surface area contributed by atoms with Crippen LogP contribution in [0, 0.1) is 0 Å². The number of hydrogen-bond acceptors (Lipinski definition) is 6. The number of carboxylic acid groups (broad SMARTS) is 1. The highest BCUT2D eigenvalue weighted by molar-refractivity contribution is 5.72. The molecule has 2 unspecified atom stereocenters. The molecule has 8 nitrogen and oxygen atoms in total. The van der Waals surface area contributed by atoms with Gasteiger partial charge in [-0.05, 0) is 12.8 Å². The highest BCUT2D eigenvalue weighted by atomic mass is 16.6. The maximum Gasteiger partial charge on any atom is 0.362 e. The van der Waals surface area contributed by atoms with Crippen molar-refractivity contribution in [2.45, 2.75) is 154 Å². The number of rotatable bonds is 29. The summed E-state index contributed by atoms with van der Waals surface area (Å²) in [5, 5.41) is 9.47. The first-order chi connectivity index (χ1) is 19.6. The second kappa shape index (κ2) is 26.0. The van der Waals surface area contributed by atoms with Crippen molar-refractivity contribution in [2.75, 3.05) is 41.0 Å². The molecule has 0 aromatic rings. The first-order valence-electron chi connectivity index (χ1n) is 16.6. The van der Waals surface area contributed by atoms with Crippen molar-refractivity contribution < 1.29 is 38.2 Å². The van der Waals surface area contributed by atoms with Gasteiger partial charge in [0.1, 0.15) is 6.61 Å². The third kappa shape index (κ3) is 24.6. The van der Waals surface area contributed by atoms with Crippen LogP contribution in [-0.4, -0.2) is 80.6 Å². The number of nitrogens with zero attached hydrogens (tertiary/aromatic N) is 1. The van der Waals surface area contributed by atoms with E-state index in [-0.39, 0.29) is 36.2 Å². The normalized spacial score (nSPS) is 13.1. The monoisotopic (exact) mass is 586 g/mol. The predicted molar refractivity (Wildman–Crippen MR) is 165 cm³/mol. The van der Waals surface area contributed by atoms with Gasteiger partial charge in [0.05, 0.1) is 34.4 Å². The van der Waals surface area contributed by atoms with Crippen molar-refractivity contribution in [2.24, 2.45) is 0 Å². The van der Waals surface area contributed by atoms with Crippen LogP contribution in [0.25, 0.3) is 0 Å². The highest BCUT2D eigenvalue weighted by Gasteiger charge is 2.31. The van der Waals surface area contributed by atoms with Crippen LogP contribution >= 0.6 is 0 Å². The molecule has 0 bridgehead atoms. The van der Waals surface area contributed by atoms with Crippen molar-refractivity contribution in [3.63, 3.8) is 0 Å². The summed E-state index contributed by atoms with van der Waals surface area (Å²) in [5.41, 5.74) is 0. The van der Waals surface area contributed by atoms with Gasteiger partial charge in [0.2, 0.25) is 0 Å². The zero-order valence-corrected chi connectivity index (χ0v) is 27.3. The summed E-state index contributed by atoms with van der Waals surface area (Å²) in [7, 11) is 5.49. The Morgan fingerprint density at radius 2 is 1.12 bits per heavy atom. The molecule has 0 aromatic carbocycles. The minimum Gasteiger partial charge on any atom is -0.477 e. The first kappa shape index (κ1) is 39.3. The van der Waals surface area contributed by atoms with E-state index in [2.05, 4.69) is 6.92 Å². The molecule has 0 heterocycles. The van der Waals surface area contributed by atoms with E-state index in [1.807, 2.05) is 28.1 Å². The molecule has 0 radical (unpaired) electrons. The molecule has 8 heteroatoms. The van der Waals surface area contributed by atoms with Crippen LogP contribution in [0.15, 0.2) is 0 Å². The fourth-order valence-corrected chi connectivity index (χ4v) is 4.89. The fraction of sp³-hybridized carbons (Fsp3) is 0.909. The molecule has 242 valence electrons. The van der Waals surface area contributed by atoms with E-state index in [9.17, 15) is 19.5 Å². The van der Waals surface area contributed by atoms with E-state index >= 15 is 0 Å². The van der Waals surface area contributed by atoms with E-state index in [4.69, 9.17) is 14.2 Å². The minimum absolute atomic E-state index is 0.0543. The summed E-state index contributed by atoms with van der Waals surface area (Å²) in [6, 6.07) is -0.603. The molecule has 0 aliphatic carbocycles. The SMILES string of the molecule is CCCCCCCCCCCCCCCCCCC(=O)OC(COCCC(C(=O)O)[N+](C)(C)C)COC(=O)CCC. The standard InChI is InChI=1S/C33H63NO7/c1-6-8-9-10-11-12-13-14-15-16-17-18-19-20-21-22-24-32(36)41-29(28-40-31(35)23-7-2)27-39-26-25-30(33(37)38)34(3,4)5/h29-30H,6-28H2,1-5H3/p+1. The molecule has 0 amide bonds. The lowest BCUT2D eigenvalue weighted by molar-refractivity contribution is -0.887. The van der Waals surface area contributed by atoms with Crippen molar-refractivity contribution in [3.8, 4) is 0 Å². The summed E-state index contributed by atoms with van der Waals surface area (Å²) >= 11 is 0. The van der Waals surface area contributed by atoms with Crippen LogP contribution in [-0.2, 0) is 28.6 Å². The summed E-state index contributed by atoms with van der Waals surface area (Å²) in [5.74, 6) is -1.52. The fourth-order valence-electron chi connectivity index (χ4n) is 4.89. The second-order valence-electron chi connectivity index (χ2n) is 12.4. The second-order valence-corrected chi connectivity index (χ2v) is 12.4. The van der Waals surface area contributed by atoms with Gasteiger partial charge in [-0.2, -0.15) is 0 Å². The van der Waals surface area contributed by atoms with Crippen molar-refractivity contribution >= 4 is 17.9 Å². The van der Waals surface area contributed by atoms with Gasteiger partial charge in [-0.15, -0.1) is 0 Å². The quantitative estimate of drug-likeness (QED) is 0.0552.